The summed E-state index contributed by atoms with van der Waals surface area (Å²) in [5.41, 5.74) is -0.144. The van der Waals surface area contributed by atoms with Crippen molar-refractivity contribution in [3.8, 4) is 6.07 Å². The molecule has 92 valence electrons. The zero-order chi connectivity index (χ0) is 12.8. The summed E-state index contributed by atoms with van der Waals surface area (Å²) in [6.45, 7) is 7.27. The zero-order valence-corrected chi connectivity index (χ0v) is 10.5. The predicted molar refractivity (Wildman–Crippen MR) is 67.1 cm³/mol. The molecule has 0 saturated carbocycles. The van der Waals surface area contributed by atoms with Gasteiger partial charge in [-0.2, -0.15) is 5.26 Å². The summed E-state index contributed by atoms with van der Waals surface area (Å²) in [6, 6.07) is 3.58. The maximum atomic E-state index is 11.5. The molecule has 0 atom stereocenters. The summed E-state index contributed by atoms with van der Waals surface area (Å²) < 4.78 is 0. The summed E-state index contributed by atoms with van der Waals surface area (Å²) >= 11 is 0. The van der Waals surface area contributed by atoms with Gasteiger partial charge in [-0.25, -0.2) is 4.98 Å². The molecule has 0 aliphatic rings. The minimum absolute atomic E-state index is 0.144. The van der Waals surface area contributed by atoms with Crippen LogP contribution >= 0.6 is 0 Å². The van der Waals surface area contributed by atoms with Gasteiger partial charge in [0.15, 0.2) is 0 Å². The Morgan fingerprint density at radius 3 is 2.82 bits per heavy atom. The molecule has 0 saturated heterocycles. The highest BCUT2D eigenvalue weighted by molar-refractivity contribution is 5.37. The minimum atomic E-state index is -0.144. The van der Waals surface area contributed by atoms with Gasteiger partial charge < -0.3 is 9.88 Å². The van der Waals surface area contributed by atoms with Crippen molar-refractivity contribution in [3.05, 3.63) is 22.2 Å². The van der Waals surface area contributed by atoms with Crippen molar-refractivity contribution < 1.29 is 0 Å². The van der Waals surface area contributed by atoms with Gasteiger partial charge in [0, 0.05) is 25.1 Å². The first-order valence-electron chi connectivity index (χ1n) is 5.81. The molecule has 1 heterocycles. The molecule has 1 aromatic rings. The first-order chi connectivity index (χ1) is 8.08. The Balaban J connectivity index is 3.03. The van der Waals surface area contributed by atoms with Gasteiger partial charge in [-0.05, 0) is 6.92 Å². The molecule has 5 nitrogen and oxygen atoms in total. The van der Waals surface area contributed by atoms with Crippen LogP contribution in [0.15, 0.2) is 10.9 Å². The fourth-order valence-electron chi connectivity index (χ4n) is 1.52. The molecule has 0 aliphatic carbocycles. The van der Waals surface area contributed by atoms with Crippen molar-refractivity contribution in [2.75, 3.05) is 18.0 Å². The Morgan fingerprint density at radius 2 is 2.29 bits per heavy atom. The number of rotatable bonds is 5. The van der Waals surface area contributed by atoms with E-state index in [2.05, 4.69) is 16.0 Å². The highest BCUT2D eigenvalue weighted by Gasteiger charge is 2.10. The second kappa shape index (κ2) is 6.04. The van der Waals surface area contributed by atoms with E-state index in [9.17, 15) is 4.79 Å². The number of nitrogens with zero attached hydrogens (tertiary/aromatic N) is 3. The zero-order valence-electron chi connectivity index (χ0n) is 10.5. The molecule has 0 radical (unpaired) electrons. The molecule has 5 heteroatoms. The number of aromatic amines is 1. The standard InChI is InChI=1S/C12H18N4O/c1-4-16(7-5-6-13)10-8-11(17)15-12(14-10)9(2)3/h8-9H,4-5,7H2,1-3H3,(H,14,15,17). The third-order valence-electron chi connectivity index (χ3n) is 2.49. The second-order valence-electron chi connectivity index (χ2n) is 4.13. The molecule has 1 rings (SSSR count). The number of H-pyrrole nitrogens is 1. The van der Waals surface area contributed by atoms with Crippen LogP contribution in [0.4, 0.5) is 5.82 Å². The van der Waals surface area contributed by atoms with Crippen LogP contribution in [0.2, 0.25) is 0 Å². The highest BCUT2D eigenvalue weighted by atomic mass is 16.1. The fraction of sp³-hybridized carbons (Fsp3) is 0.583. The van der Waals surface area contributed by atoms with Crippen LogP contribution in [0.3, 0.4) is 0 Å². The lowest BCUT2D eigenvalue weighted by Gasteiger charge is -2.21. The molecular formula is C12H18N4O. The average molecular weight is 234 g/mol. The smallest absolute Gasteiger partial charge is 0.252 e. The number of hydrogen-bond acceptors (Lipinski definition) is 4. The third kappa shape index (κ3) is 3.59. The minimum Gasteiger partial charge on any atom is -0.356 e. The van der Waals surface area contributed by atoms with Crippen LogP contribution in [0.25, 0.3) is 0 Å². The van der Waals surface area contributed by atoms with Crippen molar-refractivity contribution >= 4 is 5.82 Å². The van der Waals surface area contributed by atoms with Crippen LogP contribution in [0.1, 0.15) is 38.9 Å². The van der Waals surface area contributed by atoms with Gasteiger partial charge in [0.05, 0.1) is 12.5 Å². The summed E-state index contributed by atoms with van der Waals surface area (Å²) in [7, 11) is 0. The first kappa shape index (κ1) is 13.2. The van der Waals surface area contributed by atoms with Crippen LogP contribution in [-0.2, 0) is 0 Å². The Bertz CT molecular complexity index is 458. The van der Waals surface area contributed by atoms with Crippen molar-refractivity contribution in [3.63, 3.8) is 0 Å². The van der Waals surface area contributed by atoms with E-state index >= 15 is 0 Å². The predicted octanol–water partition coefficient (Wildman–Crippen LogP) is 1.63. The molecular weight excluding hydrogens is 216 g/mol. The number of nitrogens with one attached hydrogen (secondary N) is 1. The molecule has 0 bridgehead atoms. The molecule has 0 fully saturated rings. The molecule has 0 aromatic carbocycles. The topological polar surface area (TPSA) is 72.8 Å². The number of aromatic nitrogens is 2. The van der Waals surface area contributed by atoms with E-state index in [1.54, 1.807) is 0 Å². The Labute approximate surface area is 101 Å². The maximum absolute atomic E-state index is 11.5. The highest BCUT2D eigenvalue weighted by Crippen LogP contribution is 2.12. The van der Waals surface area contributed by atoms with Gasteiger partial charge in [-0.3, -0.25) is 4.79 Å². The summed E-state index contributed by atoms with van der Waals surface area (Å²) in [5, 5.41) is 8.59. The van der Waals surface area contributed by atoms with E-state index in [0.717, 1.165) is 6.54 Å². The van der Waals surface area contributed by atoms with E-state index in [-0.39, 0.29) is 11.5 Å². The van der Waals surface area contributed by atoms with Crippen LogP contribution < -0.4 is 10.5 Å². The van der Waals surface area contributed by atoms with Crippen molar-refractivity contribution in [2.24, 2.45) is 0 Å². The van der Waals surface area contributed by atoms with Crippen molar-refractivity contribution in [1.29, 1.82) is 5.26 Å². The Morgan fingerprint density at radius 1 is 1.59 bits per heavy atom. The summed E-state index contributed by atoms with van der Waals surface area (Å²) in [5.74, 6) is 1.51. The van der Waals surface area contributed by atoms with E-state index in [0.29, 0.717) is 24.6 Å². The SMILES string of the molecule is CCN(CCC#N)c1cc(=O)[nH]c(C(C)C)n1. The Kier molecular flexibility index (Phi) is 4.70. The third-order valence-corrected chi connectivity index (χ3v) is 2.49. The quantitative estimate of drug-likeness (QED) is 0.840. The molecule has 0 aliphatic heterocycles. The lowest BCUT2D eigenvalue weighted by molar-refractivity contribution is 0.742. The van der Waals surface area contributed by atoms with Crippen LogP contribution in [0, 0.1) is 11.3 Å². The average Bonchev–Trinajstić information content (AvgIpc) is 2.29. The fourth-order valence-corrected chi connectivity index (χ4v) is 1.52. The van der Waals surface area contributed by atoms with Gasteiger partial charge in [-0.15, -0.1) is 0 Å². The summed E-state index contributed by atoms with van der Waals surface area (Å²) in [4.78, 5) is 20.6. The van der Waals surface area contributed by atoms with E-state index in [1.807, 2.05) is 25.7 Å². The lowest BCUT2D eigenvalue weighted by atomic mass is 10.2. The first-order valence-corrected chi connectivity index (χ1v) is 5.81. The van der Waals surface area contributed by atoms with Crippen LogP contribution in [0.5, 0.6) is 0 Å². The van der Waals surface area contributed by atoms with Crippen molar-refractivity contribution in [2.45, 2.75) is 33.1 Å². The Hall–Kier alpha value is -1.83. The molecule has 17 heavy (non-hydrogen) atoms. The van der Waals surface area contributed by atoms with Gasteiger partial charge >= 0.3 is 0 Å². The van der Waals surface area contributed by atoms with E-state index < -0.39 is 0 Å². The monoisotopic (exact) mass is 234 g/mol. The van der Waals surface area contributed by atoms with Crippen LogP contribution in [-0.4, -0.2) is 23.1 Å². The van der Waals surface area contributed by atoms with E-state index in [4.69, 9.17) is 5.26 Å². The van der Waals surface area contributed by atoms with Gasteiger partial charge in [0.25, 0.3) is 5.56 Å². The number of hydrogen-bond donors (Lipinski definition) is 1. The largest absolute Gasteiger partial charge is 0.356 e. The molecule has 1 N–H and O–H groups in total. The number of nitriles is 1. The van der Waals surface area contributed by atoms with Gasteiger partial charge in [-0.1, -0.05) is 13.8 Å². The second-order valence-corrected chi connectivity index (χ2v) is 4.13. The summed E-state index contributed by atoms with van der Waals surface area (Å²) in [6.07, 6.45) is 0.430. The van der Waals surface area contributed by atoms with Crippen molar-refractivity contribution in [1.82, 2.24) is 9.97 Å². The molecule has 0 unspecified atom stereocenters. The van der Waals surface area contributed by atoms with Gasteiger partial charge in [0.2, 0.25) is 0 Å². The normalized spacial score (nSPS) is 10.3. The maximum Gasteiger partial charge on any atom is 0.252 e. The molecule has 0 amide bonds. The molecule has 0 spiro atoms. The number of anilines is 1. The van der Waals surface area contributed by atoms with Gasteiger partial charge in [0.1, 0.15) is 11.6 Å². The molecule has 1 aromatic heterocycles. The lowest BCUT2D eigenvalue weighted by Crippen LogP contribution is -2.27. The van der Waals surface area contributed by atoms with E-state index in [1.165, 1.54) is 6.07 Å².